The maximum Gasteiger partial charge on any atom is 0.255 e. The summed E-state index contributed by atoms with van der Waals surface area (Å²) in [5.74, 6) is 0.313. The summed E-state index contributed by atoms with van der Waals surface area (Å²) in [5.41, 5.74) is 16.0. The number of amides is 1. The minimum absolute atomic E-state index is 0.170. The second kappa shape index (κ2) is 8.22. The number of methoxy groups -OCH3 is 1. The number of azo groups is 1. The van der Waals surface area contributed by atoms with Crippen molar-refractivity contribution in [3.63, 3.8) is 0 Å². The highest BCUT2D eigenvalue weighted by molar-refractivity contribution is 6.04. The molecule has 0 fully saturated rings. The van der Waals surface area contributed by atoms with Crippen molar-refractivity contribution >= 4 is 34.3 Å². The fraction of sp³-hybridized carbons (Fsp3) is 0.0952. The number of nitrogens with zero attached hydrogens (tertiary/aromatic N) is 2. The van der Waals surface area contributed by atoms with Gasteiger partial charge in [0.1, 0.15) is 11.4 Å². The maximum atomic E-state index is 12.3. The van der Waals surface area contributed by atoms with Crippen LogP contribution in [0.2, 0.25) is 0 Å². The Morgan fingerprint density at radius 1 is 0.929 bits per heavy atom. The molecule has 28 heavy (non-hydrogen) atoms. The van der Waals surface area contributed by atoms with Crippen LogP contribution in [0.15, 0.2) is 70.9 Å². The first-order chi connectivity index (χ1) is 13.5. The van der Waals surface area contributed by atoms with Gasteiger partial charge in [-0.05, 0) is 49.4 Å². The number of carbonyl (C=O) groups excluding carboxylic acids is 1. The van der Waals surface area contributed by atoms with E-state index in [1.807, 2.05) is 19.1 Å². The largest absolute Gasteiger partial charge is 0.495 e. The summed E-state index contributed by atoms with van der Waals surface area (Å²) in [4.78, 5) is 12.3. The highest BCUT2D eigenvalue weighted by Crippen LogP contribution is 2.34. The monoisotopic (exact) mass is 375 g/mol. The lowest BCUT2D eigenvalue weighted by Gasteiger charge is -2.07. The van der Waals surface area contributed by atoms with Crippen LogP contribution in [0.4, 0.5) is 28.4 Å². The van der Waals surface area contributed by atoms with E-state index in [-0.39, 0.29) is 5.91 Å². The molecule has 7 heteroatoms. The highest BCUT2D eigenvalue weighted by Gasteiger charge is 2.07. The van der Waals surface area contributed by atoms with E-state index in [4.69, 9.17) is 16.2 Å². The van der Waals surface area contributed by atoms with Gasteiger partial charge in [0.05, 0.1) is 24.2 Å². The van der Waals surface area contributed by atoms with Crippen LogP contribution in [0.1, 0.15) is 15.9 Å². The van der Waals surface area contributed by atoms with Crippen molar-refractivity contribution < 1.29 is 9.53 Å². The third-order valence-electron chi connectivity index (χ3n) is 4.09. The number of hydrogen-bond acceptors (Lipinski definition) is 6. The third kappa shape index (κ3) is 4.45. The molecule has 0 unspecified atom stereocenters. The molecule has 0 aromatic heterocycles. The Morgan fingerprint density at radius 3 is 2.25 bits per heavy atom. The van der Waals surface area contributed by atoms with Crippen LogP contribution in [0.5, 0.6) is 5.75 Å². The number of carbonyl (C=O) groups is 1. The van der Waals surface area contributed by atoms with E-state index >= 15 is 0 Å². The number of nitrogens with two attached hydrogens (primary N) is 2. The molecule has 0 aliphatic carbocycles. The Bertz CT molecular complexity index is 1010. The molecular formula is C21H21N5O2. The summed E-state index contributed by atoms with van der Waals surface area (Å²) in [5, 5.41) is 11.2. The average Bonchev–Trinajstić information content (AvgIpc) is 2.69. The SMILES string of the molecule is COc1cc(N=Nc2ccc(NC(=O)c3ccc(C)cc3)cc2)c(N)cc1N. The number of nitrogens with one attached hydrogen (secondary N) is 1. The molecule has 0 heterocycles. The van der Waals surface area contributed by atoms with Gasteiger partial charge >= 0.3 is 0 Å². The van der Waals surface area contributed by atoms with Gasteiger partial charge in [0.2, 0.25) is 0 Å². The van der Waals surface area contributed by atoms with Crippen molar-refractivity contribution in [3.8, 4) is 5.75 Å². The lowest BCUT2D eigenvalue weighted by molar-refractivity contribution is 0.102. The molecule has 0 bridgehead atoms. The lowest BCUT2D eigenvalue weighted by Crippen LogP contribution is -2.11. The molecular weight excluding hydrogens is 354 g/mol. The Hall–Kier alpha value is -3.87. The maximum absolute atomic E-state index is 12.3. The van der Waals surface area contributed by atoms with E-state index in [2.05, 4.69) is 15.5 Å². The standard InChI is InChI=1S/C21H21N5O2/c1-13-3-5-14(6-4-13)21(27)24-15-7-9-16(10-8-15)25-26-19-12-20(28-2)18(23)11-17(19)22/h3-12H,22-23H2,1-2H3,(H,24,27). The molecule has 0 aliphatic rings. The molecule has 7 nitrogen and oxygen atoms in total. The van der Waals surface area contributed by atoms with E-state index in [1.54, 1.807) is 48.5 Å². The number of anilines is 3. The van der Waals surface area contributed by atoms with Crippen LogP contribution >= 0.6 is 0 Å². The quantitative estimate of drug-likeness (QED) is 0.437. The topological polar surface area (TPSA) is 115 Å². The molecule has 0 spiro atoms. The number of hydrogen-bond donors (Lipinski definition) is 3. The number of aryl methyl sites for hydroxylation is 1. The number of ether oxygens (including phenoxy) is 1. The van der Waals surface area contributed by atoms with Gasteiger partial charge in [-0.25, -0.2) is 0 Å². The minimum Gasteiger partial charge on any atom is -0.495 e. The Kier molecular flexibility index (Phi) is 5.55. The Morgan fingerprint density at radius 2 is 1.61 bits per heavy atom. The van der Waals surface area contributed by atoms with Gasteiger partial charge < -0.3 is 21.5 Å². The fourth-order valence-electron chi connectivity index (χ4n) is 2.50. The molecule has 142 valence electrons. The first-order valence-corrected chi connectivity index (χ1v) is 8.59. The summed E-state index contributed by atoms with van der Waals surface area (Å²) < 4.78 is 5.17. The molecule has 5 N–H and O–H groups in total. The predicted molar refractivity (Wildman–Crippen MR) is 112 cm³/mol. The van der Waals surface area contributed by atoms with E-state index in [1.165, 1.54) is 7.11 Å². The molecule has 1 amide bonds. The summed E-state index contributed by atoms with van der Waals surface area (Å²) in [6, 6.07) is 17.6. The second-order valence-corrected chi connectivity index (χ2v) is 6.22. The first kappa shape index (κ1) is 18.9. The second-order valence-electron chi connectivity index (χ2n) is 6.22. The fourth-order valence-corrected chi connectivity index (χ4v) is 2.50. The van der Waals surface area contributed by atoms with Crippen LogP contribution in [0.3, 0.4) is 0 Å². The zero-order valence-electron chi connectivity index (χ0n) is 15.6. The van der Waals surface area contributed by atoms with Crippen molar-refractivity contribution in [2.75, 3.05) is 23.9 Å². The van der Waals surface area contributed by atoms with Gasteiger partial charge in [-0.1, -0.05) is 17.7 Å². The van der Waals surface area contributed by atoms with Gasteiger partial charge in [0, 0.05) is 17.3 Å². The van der Waals surface area contributed by atoms with Crippen LogP contribution in [-0.2, 0) is 0 Å². The lowest BCUT2D eigenvalue weighted by atomic mass is 10.1. The van der Waals surface area contributed by atoms with Crippen molar-refractivity contribution in [1.29, 1.82) is 0 Å². The summed E-state index contributed by atoms with van der Waals surface area (Å²) in [6.07, 6.45) is 0. The van der Waals surface area contributed by atoms with E-state index < -0.39 is 0 Å². The molecule has 0 saturated carbocycles. The van der Waals surface area contributed by atoms with Gasteiger partial charge in [-0.15, -0.1) is 5.11 Å². The van der Waals surface area contributed by atoms with E-state index in [9.17, 15) is 4.79 Å². The van der Waals surface area contributed by atoms with Crippen LogP contribution < -0.4 is 21.5 Å². The van der Waals surface area contributed by atoms with E-state index in [0.29, 0.717) is 39.7 Å². The average molecular weight is 375 g/mol. The van der Waals surface area contributed by atoms with Crippen molar-refractivity contribution in [1.82, 2.24) is 0 Å². The third-order valence-corrected chi connectivity index (χ3v) is 4.09. The summed E-state index contributed by atoms with van der Waals surface area (Å²) in [6.45, 7) is 1.98. The van der Waals surface area contributed by atoms with Crippen LogP contribution in [0, 0.1) is 6.92 Å². The van der Waals surface area contributed by atoms with Crippen molar-refractivity contribution in [3.05, 3.63) is 71.8 Å². The number of benzene rings is 3. The summed E-state index contributed by atoms with van der Waals surface area (Å²) >= 11 is 0. The van der Waals surface area contributed by atoms with Gasteiger partial charge in [-0.3, -0.25) is 4.79 Å². The molecule has 0 atom stereocenters. The molecule has 3 aromatic carbocycles. The molecule has 0 aliphatic heterocycles. The smallest absolute Gasteiger partial charge is 0.255 e. The number of rotatable bonds is 5. The minimum atomic E-state index is -0.170. The predicted octanol–water partition coefficient (Wildman–Crippen LogP) is 4.84. The first-order valence-electron chi connectivity index (χ1n) is 8.59. The Balaban J connectivity index is 1.70. The van der Waals surface area contributed by atoms with Gasteiger partial charge in [0.25, 0.3) is 5.91 Å². The van der Waals surface area contributed by atoms with Crippen molar-refractivity contribution in [2.45, 2.75) is 6.92 Å². The highest BCUT2D eigenvalue weighted by atomic mass is 16.5. The van der Waals surface area contributed by atoms with E-state index in [0.717, 1.165) is 5.56 Å². The van der Waals surface area contributed by atoms with Crippen LogP contribution in [-0.4, -0.2) is 13.0 Å². The molecule has 3 rings (SSSR count). The zero-order valence-corrected chi connectivity index (χ0v) is 15.6. The van der Waals surface area contributed by atoms with Crippen LogP contribution in [0.25, 0.3) is 0 Å². The zero-order chi connectivity index (χ0) is 20.1. The Labute approximate surface area is 163 Å². The molecule has 3 aromatic rings. The molecule has 0 saturated heterocycles. The van der Waals surface area contributed by atoms with Gasteiger partial charge in [0.15, 0.2) is 0 Å². The summed E-state index contributed by atoms with van der Waals surface area (Å²) in [7, 11) is 1.52. The number of nitrogen functional groups attached to an aromatic ring is 2. The normalized spacial score (nSPS) is 10.8. The van der Waals surface area contributed by atoms with Gasteiger partial charge in [-0.2, -0.15) is 5.11 Å². The van der Waals surface area contributed by atoms with Crippen molar-refractivity contribution in [2.24, 2.45) is 10.2 Å². The molecule has 0 radical (unpaired) electrons.